The summed E-state index contributed by atoms with van der Waals surface area (Å²) in [6, 6.07) is -0.758. The summed E-state index contributed by atoms with van der Waals surface area (Å²) in [7, 11) is 1.23. The van der Waals surface area contributed by atoms with E-state index in [9.17, 15) is 14.4 Å². The van der Waals surface area contributed by atoms with Gasteiger partial charge in [0.1, 0.15) is 6.04 Å². The number of amides is 1. The lowest BCUT2D eigenvalue weighted by atomic mass is 10.3. The normalized spacial score (nSPS) is 11.6. The van der Waals surface area contributed by atoms with Crippen LogP contribution in [-0.4, -0.2) is 35.9 Å². The summed E-state index contributed by atoms with van der Waals surface area (Å²) in [5, 5.41) is 2.29. The van der Waals surface area contributed by atoms with Crippen molar-refractivity contribution in [2.75, 3.05) is 12.9 Å². The second-order valence-corrected chi connectivity index (χ2v) is 3.78. The van der Waals surface area contributed by atoms with Crippen LogP contribution in [0.25, 0.3) is 0 Å². The summed E-state index contributed by atoms with van der Waals surface area (Å²) >= 11 is 0.971. The van der Waals surface area contributed by atoms with Crippen LogP contribution in [0, 0.1) is 0 Å². The SMILES string of the molecule is COC(=O)C(CSC(C)=O)NC(C)=O. The molecule has 0 saturated carbocycles. The van der Waals surface area contributed by atoms with Gasteiger partial charge in [0.05, 0.1) is 7.11 Å². The number of thioether (sulfide) groups is 1. The Kier molecular flexibility index (Phi) is 5.94. The lowest BCUT2D eigenvalue weighted by Gasteiger charge is -2.13. The second kappa shape index (κ2) is 6.42. The Bertz CT molecular complexity index is 241. The van der Waals surface area contributed by atoms with Gasteiger partial charge in [0.2, 0.25) is 5.91 Å². The zero-order valence-electron chi connectivity index (χ0n) is 8.33. The van der Waals surface area contributed by atoms with Crippen LogP contribution in [0.2, 0.25) is 0 Å². The molecule has 0 aromatic rings. The molecule has 0 bridgehead atoms. The van der Waals surface area contributed by atoms with Gasteiger partial charge in [-0.1, -0.05) is 11.8 Å². The molecule has 14 heavy (non-hydrogen) atoms. The molecule has 0 spiro atoms. The van der Waals surface area contributed by atoms with Crippen LogP contribution in [-0.2, 0) is 19.1 Å². The number of carbonyl (C=O) groups excluding carboxylic acids is 3. The van der Waals surface area contributed by atoms with Gasteiger partial charge in [0, 0.05) is 19.6 Å². The van der Waals surface area contributed by atoms with Gasteiger partial charge < -0.3 is 10.1 Å². The molecule has 0 fully saturated rings. The maximum Gasteiger partial charge on any atom is 0.329 e. The average Bonchev–Trinajstić information content (AvgIpc) is 2.10. The van der Waals surface area contributed by atoms with E-state index in [1.54, 1.807) is 0 Å². The van der Waals surface area contributed by atoms with Crippen molar-refractivity contribution in [1.82, 2.24) is 5.32 Å². The lowest BCUT2D eigenvalue weighted by molar-refractivity contribution is -0.144. The molecular weight excluding hydrogens is 206 g/mol. The fraction of sp³-hybridized carbons (Fsp3) is 0.625. The van der Waals surface area contributed by atoms with Gasteiger partial charge in [-0.2, -0.15) is 0 Å². The van der Waals surface area contributed by atoms with Crippen LogP contribution in [0.15, 0.2) is 0 Å². The monoisotopic (exact) mass is 219 g/mol. The Labute approximate surface area is 86.6 Å². The summed E-state index contributed by atoms with van der Waals surface area (Å²) in [4.78, 5) is 32.4. The van der Waals surface area contributed by atoms with Gasteiger partial charge in [-0.15, -0.1) is 0 Å². The zero-order chi connectivity index (χ0) is 11.1. The Hall–Kier alpha value is -1.04. The third-order valence-electron chi connectivity index (χ3n) is 1.32. The predicted octanol–water partition coefficient (Wildman–Crippen LogP) is -0.0562. The van der Waals surface area contributed by atoms with Crippen LogP contribution in [0.4, 0.5) is 0 Å². The van der Waals surface area contributed by atoms with Crippen molar-refractivity contribution >= 4 is 28.8 Å². The van der Waals surface area contributed by atoms with Crippen molar-refractivity contribution < 1.29 is 19.1 Å². The quantitative estimate of drug-likeness (QED) is 0.671. The standard InChI is InChI=1S/C8H13NO4S/c1-5(10)9-7(8(12)13-3)4-14-6(2)11/h7H,4H2,1-3H3,(H,9,10). The first-order valence-corrected chi connectivity index (χ1v) is 4.94. The largest absolute Gasteiger partial charge is 0.467 e. The Balaban J connectivity index is 4.17. The first-order chi connectivity index (χ1) is 6.47. The highest BCUT2D eigenvalue weighted by Crippen LogP contribution is 2.05. The molecule has 1 unspecified atom stereocenters. The van der Waals surface area contributed by atoms with Crippen molar-refractivity contribution in [3.63, 3.8) is 0 Å². The minimum Gasteiger partial charge on any atom is -0.467 e. The summed E-state index contributed by atoms with van der Waals surface area (Å²) in [6.45, 7) is 2.70. The molecule has 80 valence electrons. The minimum atomic E-state index is -0.758. The number of esters is 1. The zero-order valence-corrected chi connectivity index (χ0v) is 9.14. The van der Waals surface area contributed by atoms with Crippen molar-refractivity contribution in [3.05, 3.63) is 0 Å². The molecule has 0 heterocycles. The van der Waals surface area contributed by atoms with E-state index < -0.39 is 12.0 Å². The molecule has 0 aliphatic heterocycles. The van der Waals surface area contributed by atoms with E-state index in [-0.39, 0.29) is 16.8 Å². The van der Waals surface area contributed by atoms with Gasteiger partial charge in [0.15, 0.2) is 5.12 Å². The van der Waals surface area contributed by atoms with E-state index >= 15 is 0 Å². The molecule has 5 nitrogen and oxygen atoms in total. The number of hydrogen-bond acceptors (Lipinski definition) is 5. The summed E-state index contributed by atoms with van der Waals surface area (Å²) in [6.07, 6.45) is 0. The van der Waals surface area contributed by atoms with Crippen LogP contribution in [0.3, 0.4) is 0 Å². The van der Waals surface area contributed by atoms with E-state index in [1.807, 2.05) is 0 Å². The maximum atomic E-state index is 11.1. The van der Waals surface area contributed by atoms with Gasteiger partial charge in [-0.05, 0) is 0 Å². The minimum absolute atomic E-state index is 0.107. The molecule has 0 aliphatic carbocycles. The van der Waals surface area contributed by atoms with E-state index in [4.69, 9.17) is 0 Å². The molecule has 1 amide bonds. The van der Waals surface area contributed by atoms with Crippen LogP contribution in [0.1, 0.15) is 13.8 Å². The molecule has 0 aliphatic rings. The molecule has 1 N–H and O–H groups in total. The lowest BCUT2D eigenvalue weighted by Crippen LogP contribution is -2.42. The van der Waals surface area contributed by atoms with Crippen LogP contribution in [0.5, 0.6) is 0 Å². The fourth-order valence-electron chi connectivity index (χ4n) is 0.757. The van der Waals surface area contributed by atoms with E-state index in [0.29, 0.717) is 0 Å². The second-order valence-electron chi connectivity index (χ2n) is 2.58. The molecular formula is C8H13NO4S. The van der Waals surface area contributed by atoms with E-state index in [1.165, 1.54) is 21.0 Å². The fourth-order valence-corrected chi connectivity index (χ4v) is 1.38. The summed E-state index contributed by atoms with van der Waals surface area (Å²) < 4.78 is 4.47. The Morgan fingerprint density at radius 2 is 1.93 bits per heavy atom. The van der Waals surface area contributed by atoms with E-state index in [0.717, 1.165) is 11.8 Å². The molecule has 0 radical (unpaired) electrons. The van der Waals surface area contributed by atoms with Crippen LogP contribution >= 0.6 is 11.8 Å². The molecule has 0 rings (SSSR count). The topological polar surface area (TPSA) is 72.5 Å². The van der Waals surface area contributed by atoms with Gasteiger partial charge >= 0.3 is 5.97 Å². The third-order valence-corrected chi connectivity index (χ3v) is 2.22. The van der Waals surface area contributed by atoms with Crippen molar-refractivity contribution in [2.45, 2.75) is 19.9 Å². The number of methoxy groups -OCH3 is 1. The molecule has 0 saturated heterocycles. The summed E-state index contributed by atoms with van der Waals surface area (Å²) in [5.41, 5.74) is 0. The number of nitrogens with one attached hydrogen (secondary N) is 1. The number of ether oxygens (including phenoxy) is 1. The number of rotatable bonds is 4. The first-order valence-electron chi connectivity index (χ1n) is 3.95. The van der Waals surface area contributed by atoms with Gasteiger partial charge in [0.25, 0.3) is 0 Å². The van der Waals surface area contributed by atoms with Crippen molar-refractivity contribution in [3.8, 4) is 0 Å². The molecule has 1 atom stereocenters. The maximum absolute atomic E-state index is 11.1. The molecule has 6 heteroatoms. The number of carbonyl (C=O) groups is 3. The Morgan fingerprint density at radius 1 is 1.36 bits per heavy atom. The van der Waals surface area contributed by atoms with E-state index in [2.05, 4.69) is 10.1 Å². The average molecular weight is 219 g/mol. The number of hydrogen-bond donors (Lipinski definition) is 1. The van der Waals surface area contributed by atoms with Gasteiger partial charge in [-0.25, -0.2) is 4.79 Å². The highest BCUT2D eigenvalue weighted by molar-refractivity contribution is 8.13. The third kappa shape index (κ3) is 5.58. The first kappa shape index (κ1) is 13.0. The Morgan fingerprint density at radius 3 is 2.29 bits per heavy atom. The molecule has 0 aromatic carbocycles. The van der Waals surface area contributed by atoms with Crippen LogP contribution < -0.4 is 5.32 Å². The van der Waals surface area contributed by atoms with Crippen molar-refractivity contribution in [2.24, 2.45) is 0 Å². The van der Waals surface area contributed by atoms with Gasteiger partial charge in [-0.3, -0.25) is 9.59 Å². The summed E-state index contributed by atoms with van der Waals surface area (Å²) in [5.74, 6) is -0.680. The highest BCUT2D eigenvalue weighted by atomic mass is 32.2. The van der Waals surface area contributed by atoms with Crippen molar-refractivity contribution in [1.29, 1.82) is 0 Å². The molecule has 0 aromatic heterocycles. The predicted molar refractivity (Wildman–Crippen MR) is 52.8 cm³/mol. The smallest absolute Gasteiger partial charge is 0.329 e. The highest BCUT2D eigenvalue weighted by Gasteiger charge is 2.20.